The summed E-state index contributed by atoms with van der Waals surface area (Å²) in [7, 11) is 0. The van der Waals surface area contributed by atoms with Gasteiger partial charge in [0, 0.05) is 34.0 Å². The molecule has 0 spiro atoms. The SMILES string of the molecule is C#Cc1cc(Oc2ccc(N)c(O)c2)c2c(C#C)ccc(Oc3ccc(N)c(O)c3)c2c1. The Hall–Kier alpha value is -4.94. The summed E-state index contributed by atoms with van der Waals surface area (Å²) in [4.78, 5) is 0. The van der Waals surface area contributed by atoms with Gasteiger partial charge in [0.1, 0.15) is 34.5 Å². The first-order chi connectivity index (χ1) is 15.4. The summed E-state index contributed by atoms with van der Waals surface area (Å²) >= 11 is 0. The van der Waals surface area contributed by atoms with Gasteiger partial charge in [-0.2, -0.15) is 0 Å². The van der Waals surface area contributed by atoms with E-state index >= 15 is 0 Å². The van der Waals surface area contributed by atoms with Crippen molar-refractivity contribution in [2.24, 2.45) is 0 Å². The van der Waals surface area contributed by atoms with Gasteiger partial charge in [0.05, 0.1) is 11.4 Å². The average molecular weight is 422 g/mol. The Labute approximate surface area is 184 Å². The smallest absolute Gasteiger partial charge is 0.142 e. The molecule has 156 valence electrons. The molecule has 0 aromatic heterocycles. The Balaban J connectivity index is 1.89. The quantitative estimate of drug-likeness (QED) is 0.210. The number of ether oxygens (including phenoxy) is 2. The first-order valence-electron chi connectivity index (χ1n) is 9.46. The number of terminal acetylenes is 2. The molecule has 4 rings (SSSR count). The highest BCUT2D eigenvalue weighted by molar-refractivity contribution is 5.99. The zero-order valence-electron chi connectivity index (χ0n) is 16.8. The monoisotopic (exact) mass is 422 g/mol. The van der Waals surface area contributed by atoms with Crippen molar-refractivity contribution in [1.29, 1.82) is 0 Å². The summed E-state index contributed by atoms with van der Waals surface area (Å²) in [6.07, 6.45) is 11.4. The van der Waals surface area contributed by atoms with Gasteiger partial charge in [0.25, 0.3) is 0 Å². The fourth-order valence-electron chi connectivity index (χ4n) is 3.22. The third-order valence-corrected chi connectivity index (χ3v) is 4.82. The van der Waals surface area contributed by atoms with E-state index in [0.29, 0.717) is 44.9 Å². The summed E-state index contributed by atoms with van der Waals surface area (Å²) in [6.45, 7) is 0. The first-order valence-corrected chi connectivity index (χ1v) is 9.46. The molecule has 0 radical (unpaired) electrons. The number of hydrogen-bond acceptors (Lipinski definition) is 6. The minimum absolute atomic E-state index is 0.0939. The van der Waals surface area contributed by atoms with Gasteiger partial charge in [-0.25, -0.2) is 0 Å². The lowest BCUT2D eigenvalue weighted by atomic mass is 10.00. The number of nitrogen functional groups attached to an aromatic ring is 2. The van der Waals surface area contributed by atoms with E-state index in [2.05, 4.69) is 11.8 Å². The van der Waals surface area contributed by atoms with Gasteiger partial charge >= 0.3 is 0 Å². The van der Waals surface area contributed by atoms with Crippen LogP contribution in [0.1, 0.15) is 11.1 Å². The van der Waals surface area contributed by atoms with Gasteiger partial charge in [0.2, 0.25) is 0 Å². The van der Waals surface area contributed by atoms with Crippen LogP contribution < -0.4 is 20.9 Å². The highest BCUT2D eigenvalue weighted by Crippen LogP contribution is 2.41. The molecule has 0 heterocycles. The van der Waals surface area contributed by atoms with E-state index < -0.39 is 0 Å². The summed E-state index contributed by atoms with van der Waals surface area (Å²) in [6, 6.07) is 16.0. The van der Waals surface area contributed by atoms with Gasteiger partial charge in [-0.15, -0.1) is 12.8 Å². The molecule has 6 N–H and O–H groups in total. The van der Waals surface area contributed by atoms with Crippen molar-refractivity contribution < 1.29 is 19.7 Å². The molecular formula is C26H18N2O4. The number of benzene rings is 4. The topological polar surface area (TPSA) is 111 Å². The number of aromatic hydroxyl groups is 2. The molecule has 6 nitrogen and oxygen atoms in total. The zero-order chi connectivity index (χ0) is 22.8. The fourth-order valence-corrected chi connectivity index (χ4v) is 3.22. The third-order valence-electron chi connectivity index (χ3n) is 4.82. The predicted octanol–water partition coefficient (Wildman–Crippen LogP) is 4.96. The van der Waals surface area contributed by atoms with E-state index in [1.54, 1.807) is 36.4 Å². The lowest BCUT2D eigenvalue weighted by Gasteiger charge is -2.16. The molecular weight excluding hydrogens is 404 g/mol. The Morgan fingerprint density at radius 1 is 0.688 bits per heavy atom. The maximum Gasteiger partial charge on any atom is 0.142 e. The van der Waals surface area contributed by atoms with Crippen LogP contribution in [0, 0.1) is 24.7 Å². The molecule has 0 amide bonds. The van der Waals surface area contributed by atoms with E-state index in [1.165, 1.54) is 24.3 Å². The van der Waals surface area contributed by atoms with Crippen molar-refractivity contribution in [3.63, 3.8) is 0 Å². The van der Waals surface area contributed by atoms with Gasteiger partial charge in [-0.1, -0.05) is 11.8 Å². The summed E-state index contributed by atoms with van der Waals surface area (Å²) in [5.74, 6) is 6.61. The summed E-state index contributed by atoms with van der Waals surface area (Å²) in [5.41, 5.74) is 12.9. The van der Waals surface area contributed by atoms with Crippen LogP contribution in [0.25, 0.3) is 10.8 Å². The number of hydrogen-bond donors (Lipinski definition) is 4. The highest BCUT2D eigenvalue weighted by Gasteiger charge is 2.15. The fraction of sp³-hybridized carbons (Fsp3) is 0. The molecule has 4 aromatic rings. The molecule has 6 heteroatoms. The van der Waals surface area contributed by atoms with Crippen LogP contribution in [0.5, 0.6) is 34.5 Å². The Morgan fingerprint density at radius 2 is 1.28 bits per heavy atom. The number of fused-ring (bicyclic) bond motifs is 1. The molecule has 4 aromatic carbocycles. The van der Waals surface area contributed by atoms with Crippen LogP contribution in [0.2, 0.25) is 0 Å². The molecule has 0 aliphatic carbocycles. The van der Waals surface area contributed by atoms with Crippen LogP contribution in [0.15, 0.2) is 60.7 Å². The minimum atomic E-state index is -0.107. The van der Waals surface area contributed by atoms with E-state index in [4.69, 9.17) is 33.8 Å². The van der Waals surface area contributed by atoms with E-state index in [0.717, 1.165) is 0 Å². The second-order valence-corrected chi connectivity index (χ2v) is 6.94. The minimum Gasteiger partial charge on any atom is -0.506 e. The molecule has 0 aliphatic heterocycles. The Bertz CT molecular complexity index is 1450. The van der Waals surface area contributed by atoms with Crippen molar-refractivity contribution in [2.45, 2.75) is 0 Å². The molecule has 0 bridgehead atoms. The Morgan fingerprint density at radius 3 is 1.81 bits per heavy atom. The van der Waals surface area contributed by atoms with Crippen LogP contribution in [-0.2, 0) is 0 Å². The van der Waals surface area contributed by atoms with Crippen LogP contribution >= 0.6 is 0 Å². The second kappa shape index (κ2) is 8.06. The second-order valence-electron chi connectivity index (χ2n) is 6.94. The standard InChI is InChI=1S/C26H18N2O4/c1-3-15-11-19-24(31-17-6-8-20(27)22(29)13-17)10-5-16(4-2)26(19)25(12-15)32-18-7-9-21(28)23(30)14-18/h1-2,5-14,29-30H,27-28H2. The van der Waals surface area contributed by atoms with Gasteiger partial charge in [-0.05, 0) is 48.5 Å². The van der Waals surface area contributed by atoms with Gasteiger partial charge in [0.15, 0.2) is 0 Å². The number of rotatable bonds is 4. The number of nitrogens with two attached hydrogens (primary N) is 2. The molecule has 0 atom stereocenters. The molecule has 32 heavy (non-hydrogen) atoms. The lowest BCUT2D eigenvalue weighted by Crippen LogP contribution is -1.94. The van der Waals surface area contributed by atoms with Gasteiger partial charge in [-0.3, -0.25) is 0 Å². The van der Waals surface area contributed by atoms with Crippen molar-refractivity contribution in [1.82, 2.24) is 0 Å². The molecule has 0 aliphatic rings. The van der Waals surface area contributed by atoms with E-state index in [-0.39, 0.29) is 22.9 Å². The summed E-state index contributed by atoms with van der Waals surface area (Å²) in [5, 5.41) is 21.0. The number of phenolic OH excluding ortho intramolecular Hbond substituents is 2. The van der Waals surface area contributed by atoms with Crippen molar-refractivity contribution in [2.75, 3.05) is 11.5 Å². The van der Waals surface area contributed by atoms with E-state index in [9.17, 15) is 10.2 Å². The van der Waals surface area contributed by atoms with Crippen LogP contribution in [-0.4, -0.2) is 10.2 Å². The maximum atomic E-state index is 9.92. The number of anilines is 2. The van der Waals surface area contributed by atoms with Crippen LogP contribution in [0.4, 0.5) is 11.4 Å². The third kappa shape index (κ3) is 3.77. The van der Waals surface area contributed by atoms with Crippen molar-refractivity contribution in [3.05, 3.63) is 71.8 Å². The first kappa shape index (κ1) is 20.3. The van der Waals surface area contributed by atoms with E-state index in [1.807, 2.05) is 0 Å². The van der Waals surface area contributed by atoms with Crippen molar-refractivity contribution >= 4 is 22.1 Å². The predicted molar refractivity (Wildman–Crippen MR) is 125 cm³/mol. The molecule has 0 fully saturated rings. The summed E-state index contributed by atoms with van der Waals surface area (Å²) < 4.78 is 12.0. The Kier molecular flexibility index (Phi) is 5.12. The zero-order valence-corrected chi connectivity index (χ0v) is 16.8. The highest BCUT2D eigenvalue weighted by atomic mass is 16.5. The molecule has 0 unspecified atom stereocenters. The maximum absolute atomic E-state index is 9.92. The normalized spacial score (nSPS) is 10.3. The van der Waals surface area contributed by atoms with Crippen molar-refractivity contribution in [3.8, 4) is 59.2 Å². The molecule has 0 saturated heterocycles. The van der Waals surface area contributed by atoms with Crippen LogP contribution in [0.3, 0.4) is 0 Å². The largest absolute Gasteiger partial charge is 0.506 e. The number of phenols is 2. The lowest BCUT2D eigenvalue weighted by molar-refractivity contribution is 0.456. The van der Waals surface area contributed by atoms with Gasteiger partial charge < -0.3 is 31.2 Å². The molecule has 0 saturated carbocycles. The average Bonchev–Trinajstić information content (AvgIpc) is 2.79.